The third-order valence-corrected chi connectivity index (χ3v) is 5.22. The number of hydrogen-bond acceptors (Lipinski definition) is 1. The normalized spacial score (nSPS) is 18.7. The molecule has 0 radical (unpaired) electrons. The van der Waals surface area contributed by atoms with Crippen LogP contribution in [0.25, 0.3) is 11.1 Å². The Labute approximate surface area is 131 Å². The molecule has 4 rings (SSSR count). The van der Waals surface area contributed by atoms with Crippen LogP contribution >= 0.6 is 0 Å². The number of allylic oxidation sites excluding steroid dienone is 4. The maximum Gasteiger partial charge on any atom is 0.0970 e. The van der Waals surface area contributed by atoms with Gasteiger partial charge in [-0.05, 0) is 42.5 Å². The van der Waals surface area contributed by atoms with Crippen molar-refractivity contribution >= 4 is 0 Å². The van der Waals surface area contributed by atoms with Crippen LogP contribution in [0.2, 0.25) is 0 Å². The quantitative estimate of drug-likeness (QED) is 0.732. The number of aliphatic hydroxyl groups excluding tert-OH is 1. The first-order valence-electron chi connectivity index (χ1n) is 7.91. The molecule has 0 amide bonds. The van der Waals surface area contributed by atoms with Crippen molar-refractivity contribution in [1.29, 1.82) is 0 Å². The SMILES string of the molecule is CC1=CC(C2(C)c3ccccc3-c3ccccc32)=C(O)CC1. The van der Waals surface area contributed by atoms with Crippen LogP contribution in [-0.2, 0) is 5.41 Å². The molecule has 2 aliphatic rings. The summed E-state index contributed by atoms with van der Waals surface area (Å²) in [7, 11) is 0. The van der Waals surface area contributed by atoms with Gasteiger partial charge in [0, 0.05) is 17.4 Å². The standard InChI is InChI=1S/C21H20O/c1-14-11-12-20(22)19(13-14)21(2)17-9-5-3-7-15(17)16-8-4-6-10-18(16)21/h3-10,13,22H,11-12H2,1-2H3. The minimum absolute atomic E-state index is 0.265. The van der Waals surface area contributed by atoms with Crippen molar-refractivity contribution < 1.29 is 5.11 Å². The maximum absolute atomic E-state index is 10.6. The summed E-state index contributed by atoms with van der Waals surface area (Å²) in [6, 6.07) is 17.2. The van der Waals surface area contributed by atoms with Gasteiger partial charge in [0.25, 0.3) is 0 Å². The van der Waals surface area contributed by atoms with E-state index in [-0.39, 0.29) is 5.41 Å². The largest absolute Gasteiger partial charge is 0.512 e. The Hall–Kier alpha value is -2.28. The summed E-state index contributed by atoms with van der Waals surface area (Å²) in [4.78, 5) is 0. The van der Waals surface area contributed by atoms with E-state index in [2.05, 4.69) is 68.5 Å². The van der Waals surface area contributed by atoms with E-state index in [1.807, 2.05) is 0 Å². The molecule has 1 heteroatoms. The molecule has 0 saturated heterocycles. The Morgan fingerprint density at radius 3 is 2.00 bits per heavy atom. The molecule has 0 saturated carbocycles. The monoisotopic (exact) mass is 288 g/mol. The molecule has 0 aromatic heterocycles. The molecule has 2 aliphatic carbocycles. The molecule has 2 aromatic carbocycles. The number of fused-ring (bicyclic) bond motifs is 3. The topological polar surface area (TPSA) is 20.2 Å². The molecule has 0 fully saturated rings. The van der Waals surface area contributed by atoms with E-state index in [4.69, 9.17) is 0 Å². The van der Waals surface area contributed by atoms with E-state index in [0.29, 0.717) is 5.76 Å². The zero-order valence-electron chi connectivity index (χ0n) is 13.1. The van der Waals surface area contributed by atoms with Crippen LogP contribution < -0.4 is 0 Å². The molecule has 0 bridgehead atoms. The minimum Gasteiger partial charge on any atom is -0.512 e. The maximum atomic E-state index is 10.6. The summed E-state index contributed by atoms with van der Waals surface area (Å²) >= 11 is 0. The van der Waals surface area contributed by atoms with Crippen LogP contribution in [0.1, 0.15) is 37.8 Å². The van der Waals surface area contributed by atoms with Crippen molar-refractivity contribution in [2.75, 3.05) is 0 Å². The summed E-state index contributed by atoms with van der Waals surface area (Å²) in [6.07, 6.45) is 3.89. The lowest BCUT2D eigenvalue weighted by Crippen LogP contribution is -2.25. The predicted octanol–water partition coefficient (Wildman–Crippen LogP) is 5.53. The van der Waals surface area contributed by atoms with Crippen molar-refractivity contribution in [3.05, 3.63) is 82.6 Å². The highest BCUT2D eigenvalue weighted by molar-refractivity contribution is 5.83. The third kappa shape index (κ3) is 1.65. The molecular weight excluding hydrogens is 268 g/mol. The van der Waals surface area contributed by atoms with Gasteiger partial charge in [-0.15, -0.1) is 0 Å². The fourth-order valence-corrected chi connectivity index (χ4v) is 4.03. The summed E-state index contributed by atoms with van der Waals surface area (Å²) in [5.41, 5.74) is 7.31. The average Bonchev–Trinajstić information content (AvgIpc) is 2.81. The van der Waals surface area contributed by atoms with Crippen LogP contribution in [0.15, 0.2) is 71.5 Å². The van der Waals surface area contributed by atoms with E-state index in [9.17, 15) is 5.11 Å². The smallest absolute Gasteiger partial charge is 0.0970 e. The number of aliphatic hydroxyl groups is 1. The summed E-state index contributed by atoms with van der Waals surface area (Å²) in [5, 5.41) is 10.6. The van der Waals surface area contributed by atoms with Gasteiger partial charge in [-0.25, -0.2) is 0 Å². The van der Waals surface area contributed by atoms with E-state index < -0.39 is 0 Å². The highest BCUT2D eigenvalue weighted by atomic mass is 16.3. The Morgan fingerprint density at radius 2 is 1.41 bits per heavy atom. The fourth-order valence-electron chi connectivity index (χ4n) is 4.03. The van der Waals surface area contributed by atoms with Crippen molar-refractivity contribution in [3.8, 4) is 11.1 Å². The van der Waals surface area contributed by atoms with Crippen molar-refractivity contribution in [3.63, 3.8) is 0 Å². The number of rotatable bonds is 1. The molecular formula is C21H20O. The molecule has 1 N–H and O–H groups in total. The lowest BCUT2D eigenvalue weighted by Gasteiger charge is -2.32. The first-order chi connectivity index (χ1) is 10.6. The second-order valence-corrected chi connectivity index (χ2v) is 6.57. The molecule has 0 aliphatic heterocycles. The summed E-state index contributed by atoms with van der Waals surface area (Å²) in [5.74, 6) is 0.541. The Bertz CT molecular complexity index is 778. The van der Waals surface area contributed by atoms with E-state index in [1.54, 1.807) is 0 Å². The lowest BCUT2D eigenvalue weighted by atomic mass is 9.71. The summed E-state index contributed by atoms with van der Waals surface area (Å²) < 4.78 is 0. The van der Waals surface area contributed by atoms with Gasteiger partial charge < -0.3 is 5.11 Å². The van der Waals surface area contributed by atoms with E-state index >= 15 is 0 Å². The lowest BCUT2D eigenvalue weighted by molar-refractivity contribution is 0.370. The van der Waals surface area contributed by atoms with Crippen LogP contribution in [0.5, 0.6) is 0 Å². The van der Waals surface area contributed by atoms with Crippen molar-refractivity contribution in [2.24, 2.45) is 0 Å². The molecule has 0 spiro atoms. The zero-order chi connectivity index (χ0) is 15.3. The van der Waals surface area contributed by atoms with Gasteiger partial charge in [0.1, 0.15) is 0 Å². The molecule has 1 nitrogen and oxygen atoms in total. The number of hydrogen-bond donors (Lipinski definition) is 1. The van der Waals surface area contributed by atoms with Gasteiger partial charge in [0.05, 0.1) is 5.76 Å². The van der Waals surface area contributed by atoms with Crippen molar-refractivity contribution in [1.82, 2.24) is 0 Å². The Balaban J connectivity index is 2.06. The van der Waals surface area contributed by atoms with Gasteiger partial charge in [-0.2, -0.15) is 0 Å². The van der Waals surface area contributed by atoms with Crippen molar-refractivity contribution in [2.45, 2.75) is 32.1 Å². The number of benzene rings is 2. The molecule has 0 unspecified atom stereocenters. The summed E-state index contributed by atoms with van der Waals surface area (Å²) in [6.45, 7) is 4.40. The molecule has 0 heterocycles. The van der Waals surface area contributed by atoms with Gasteiger partial charge >= 0.3 is 0 Å². The molecule has 2 aromatic rings. The minimum atomic E-state index is -0.265. The fraction of sp³-hybridized carbons (Fsp3) is 0.238. The first kappa shape index (κ1) is 13.4. The first-order valence-corrected chi connectivity index (χ1v) is 7.91. The van der Waals surface area contributed by atoms with Crippen LogP contribution in [0, 0.1) is 0 Å². The van der Waals surface area contributed by atoms with Gasteiger partial charge in [0.2, 0.25) is 0 Å². The Morgan fingerprint density at radius 1 is 0.864 bits per heavy atom. The predicted molar refractivity (Wildman–Crippen MR) is 91.0 cm³/mol. The molecule has 22 heavy (non-hydrogen) atoms. The van der Waals surface area contributed by atoms with Crippen LogP contribution in [-0.4, -0.2) is 5.11 Å². The van der Waals surface area contributed by atoms with Gasteiger partial charge in [0.15, 0.2) is 0 Å². The van der Waals surface area contributed by atoms with Gasteiger partial charge in [-0.1, -0.05) is 60.2 Å². The zero-order valence-corrected chi connectivity index (χ0v) is 13.1. The van der Waals surface area contributed by atoms with E-state index in [0.717, 1.165) is 18.4 Å². The van der Waals surface area contributed by atoms with Gasteiger partial charge in [-0.3, -0.25) is 0 Å². The second-order valence-electron chi connectivity index (χ2n) is 6.57. The third-order valence-electron chi connectivity index (χ3n) is 5.22. The van der Waals surface area contributed by atoms with E-state index in [1.165, 1.54) is 27.8 Å². The van der Waals surface area contributed by atoms with Crippen LogP contribution in [0.3, 0.4) is 0 Å². The highest BCUT2D eigenvalue weighted by Gasteiger charge is 2.43. The van der Waals surface area contributed by atoms with Crippen LogP contribution in [0.4, 0.5) is 0 Å². The molecule has 110 valence electrons. The molecule has 0 atom stereocenters. The average molecular weight is 288 g/mol. The second kappa shape index (κ2) is 4.61. The highest BCUT2D eigenvalue weighted by Crippen LogP contribution is 2.54. The Kier molecular flexibility index (Phi) is 2.80.